The lowest BCUT2D eigenvalue weighted by Gasteiger charge is -2.23. The van der Waals surface area contributed by atoms with Crippen molar-refractivity contribution in [2.24, 2.45) is 5.92 Å². The van der Waals surface area contributed by atoms with Gasteiger partial charge in [-0.05, 0) is 19.1 Å². The number of nitrogens with zero attached hydrogens (tertiary/aromatic N) is 1. The van der Waals surface area contributed by atoms with Crippen LogP contribution in [0.1, 0.15) is 12.5 Å². The lowest BCUT2D eigenvalue weighted by molar-refractivity contribution is -0.143. The highest BCUT2D eigenvalue weighted by Gasteiger charge is 2.20. The zero-order valence-corrected chi connectivity index (χ0v) is 12.3. The van der Waals surface area contributed by atoms with Gasteiger partial charge in [-0.25, -0.2) is 0 Å². The number of carbonyl (C=O) groups is 2. The molecule has 0 bridgehead atoms. The highest BCUT2D eigenvalue weighted by Crippen LogP contribution is 2.11. The van der Waals surface area contributed by atoms with Gasteiger partial charge in [-0.15, -0.1) is 0 Å². The van der Waals surface area contributed by atoms with Crippen LogP contribution in [0.3, 0.4) is 0 Å². The fourth-order valence-electron chi connectivity index (χ4n) is 1.72. The Labute approximate surface area is 124 Å². The Morgan fingerprint density at radius 1 is 1.29 bits per heavy atom. The number of aliphatic carboxylic acids is 1. The third kappa shape index (κ3) is 5.83. The Kier molecular flexibility index (Phi) is 6.68. The number of ether oxygens (including phenoxy) is 1. The molecule has 0 aromatic heterocycles. The van der Waals surface area contributed by atoms with Gasteiger partial charge < -0.3 is 19.8 Å². The molecule has 6 heteroatoms. The van der Waals surface area contributed by atoms with E-state index < -0.39 is 11.9 Å². The molecule has 0 saturated heterocycles. The van der Waals surface area contributed by atoms with E-state index in [1.54, 1.807) is 12.1 Å². The first-order chi connectivity index (χ1) is 9.93. The Bertz CT molecular complexity index is 471. The zero-order valence-electron chi connectivity index (χ0n) is 12.3. The number of rotatable bonds is 8. The topological polar surface area (TPSA) is 87.1 Å². The summed E-state index contributed by atoms with van der Waals surface area (Å²) in [6.45, 7) is 3.20. The van der Waals surface area contributed by atoms with E-state index in [-0.39, 0.29) is 32.2 Å². The van der Waals surface area contributed by atoms with Crippen LogP contribution in [0.15, 0.2) is 24.3 Å². The van der Waals surface area contributed by atoms with E-state index in [9.17, 15) is 9.59 Å². The molecule has 1 aromatic rings. The lowest BCUT2D eigenvalue weighted by atomic mass is 10.1. The molecule has 0 saturated carbocycles. The van der Waals surface area contributed by atoms with E-state index in [2.05, 4.69) is 0 Å². The van der Waals surface area contributed by atoms with Crippen molar-refractivity contribution in [3.63, 3.8) is 0 Å². The van der Waals surface area contributed by atoms with Crippen molar-refractivity contribution < 1.29 is 24.5 Å². The molecule has 116 valence electrons. The predicted octanol–water partition coefficient (Wildman–Crippen LogP) is 0.915. The second-order valence-corrected chi connectivity index (χ2v) is 4.90. The van der Waals surface area contributed by atoms with Crippen LogP contribution in [0.25, 0.3) is 0 Å². The summed E-state index contributed by atoms with van der Waals surface area (Å²) in [4.78, 5) is 24.2. The van der Waals surface area contributed by atoms with Crippen LogP contribution in [0.2, 0.25) is 0 Å². The number of benzene rings is 1. The van der Waals surface area contributed by atoms with Crippen LogP contribution in [0, 0.1) is 12.8 Å². The third-order valence-corrected chi connectivity index (χ3v) is 3.02. The molecule has 1 aromatic carbocycles. The second-order valence-electron chi connectivity index (χ2n) is 4.90. The monoisotopic (exact) mass is 295 g/mol. The Balaban J connectivity index is 2.56. The van der Waals surface area contributed by atoms with Crippen molar-refractivity contribution in [1.29, 1.82) is 0 Å². The SMILES string of the molecule is Cc1ccc(OCC(=O)N(CCO)CC(C)C(=O)O)cc1. The molecule has 1 amide bonds. The lowest BCUT2D eigenvalue weighted by Crippen LogP contribution is -2.41. The smallest absolute Gasteiger partial charge is 0.308 e. The number of aliphatic hydroxyl groups is 1. The molecule has 21 heavy (non-hydrogen) atoms. The summed E-state index contributed by atoms with van der Waals surface area (Å²) in [6.07, 6.45) is 0. The van der Waals surface area contributed by atoms with Gasteiger partial charge in [0.1, 0.15) is 5.75 Å². The number of hydrogen-bond donors (Lipinski definition) is 2. The van der Waals surface area contributed by atoms with Gasteiger partial charge in [-0.1, -0.05) is 24.6 Å². The minimum atomic E-state index is -0.981. The van der Waals surface area contributed by atoms with E-state index >= 15 is 0 Å². The Hall–Kier alpha value is -2.08. The summed E-state index contributed by atoms with van der Waals surface area (Å²) in [6, 6.07) is 7.27. The number of amides is 1. The van der Waals surface area contributed by atoms with E-state index in [0.717, 1.165) is 5.56 Å². The van der Waals surface area contributed by atoms with Gasteiger partial charge >= 0.3 is 5.97 Å². The molecule has 0 aliphatic heterocycles. The van der Waals surface area contributed by atoms with E-state index in [1.807, 2.05) is 19.1 Å². The summed E-state index contributed by atoms with van der Waals surface area (Å²) in [5, 5.41) is 17.9. The van der Waals surface area contributed by atoms with Crippen molar-refractivity contribution in [2.75, 3.05) is 26.3 Å². The molecule has 0 aliphatic carbocycles. The number of carboxylic acid groups (broad SMARTS) is 1. The molecular weight excluding hydrogens is 274 g/mol. The van der Waals surface area contributed by atoms with Crippen molar-refractivity contribution in [3.8, 4) is 5.75 Å². The first-order valence-electron chi connectivity index (χ1n) is 6.75. The number of carboxylic acids is 1. The number of hydrogen-bond acceptors (Lipinski definition) is 4. The maximum absolute atomic E-state index is 12.0. The summed E-state index contributed by atoms with van der Waals surface area (Å²) in [5.41, 5.74) is 1.09. The summed E-state index contributed by atoms with van der Waals surface area (Å²) in [5.74, 6) is -1.45. The van der Waals surface area contributed by atoms with Gasteiger partial charge in [0, 0.05) is 13.1 Å². The standard InChI is InChI=1S/C15H21NO5/c1-11-3-5-13(6-4-11)21-10-14(18)16(7-8-17)9-12(2)15(19)20/h3-6,12,17H,7-10H2,1-2H3,(H,19,20). The van der Waals surface area contributed by atoms with Crippen molar-refractivity contribution in [2.45, 2.75) is 13.8 Å². The van der Waals surface area contributed by atoms with Gasteiger partial charge in [0.25, 0.3) is 5.91 Å². The molecule has 0 heterocycles. The first-order valence-corrected chi connectivity index (χ1v) is 6.75. The fourth-order valence-corrected chi connectivity index (χ4v) is 1.72. The molecule has 2 N–H and O–H groups in total. The maximum atomic E-state index is 12.0. The molecule has 1 unspecified atom stereocenters. The summed E-state index contributed by atoms with van der Waals surface area (Å²) < 4.78 is 5.37. The molecule has 0 aliphatic rings. The zero-order chi connectivity index (χ0) is 15.8. The molecule has 1 atom stereocenters. The molecule has 1 rings (SSSR count). The molecule has 0 fully saturated rings. The van der Waals surface area contributed by atoms with Crippen LogP contribution in [-0.2, 0) is 9.59 Å². The number of aryl methyl sites for hydroxylation is 1. The number of carbonyl (C=O) groups excluding carboxylic acids is 1. The van der Waals surface area contributed by atoms with Gasteiger partial charge in [0.05, 0.1) is 12.5 Å². The minimum absolute atomic E-state index is 0.0476. The molecule has 6 nitrogen and oxygen atoms in total. The first kappa shape index (κ1) is 17.0. The van der Waals surface area contributed by atoms with Crippen molar-refractivity contribution >= 4 is 11.9 Å². The normalized spacial score (nSPS) is 11.8. The molecule has 0 radical (unpaired) electrons. The predicted molar refractivity (Wildman–Crippen MR) is 77.1 cm³/mol. The van der Waals surface area contributed by atoms with Crippen LogP contribution in [-0.4, -0.2) is 53.3 Å². The van der Waals surface area contributed by atoms with E-state index in [1.165, 1.54) is 11.8 Å². The highest BCUT2D eigenvalue weighted by molar-refractivity contribution is 5.78. The van der Waals surface area contributed by atoms with Crippen molar-refractivity contribution in [3.05, 3.63) is 29.8 Å². The van der Waals surface area contributed by atoms with Gasteiger partial charge in [-0.3, -0.25) is 9.59 Å². The molecule has 0 spiro atoms. The Morgan fingerprint density at radius 3 is 2.43 bits per heavy atom. The highest BCUT2D eigenvalue weighted by atomic mass is 16.5. The Morgan fingerprint density at radius 2 is 1.90 bits per heavy atom. The van der Waals surface area contributed by atoms with Gasteiger partial charge in [0.2, 0.25) is 0 Å². The second kappa shape index (κ2) is 8.26. The third-order valence-electron chi connectivity index (χ3n) is 3.02. The average molecular weight is 295 g/mol. The summed E-state index contributed by atoms with van der Waals surface area (Å²) >= 11 is 0. The van der Waals surface area contributed by atoms with Gasteiger partial charge in [-0.2, -0.15) is 0 Å². The minimum Gasteiger partial charge on any atom is -0.484 e. The van der Waals surface area contributed by atoms with Crippen LogP contribution in [0.5, 0.6) is 5.75 Å². The van der Waals surface area contributed by atoms with Crippen LogP contribution in [0.4, 0.5) is 0 Å². The van der Waals surface area contributed by atoms with Crippen molar-refractivity contribution in [1.82, 2.24) is 4.90 Å². The quantitative estimate of drug-likeness (QED) is 0.744. The van der Waals surface area contributed by atoms with Crippen LogP contribution < -0.4 is 4.74 Å². The maximum Gasteiger partial charge on any atom is 0.308 e. The van der Waals surface area contributed by atoms with Gasteiger partial charge in [0.15, 0.2) is 6.61 Å². The molecular formula is C15H21NO5. The van der Waals surface area contributed by atoms with E-state index in [0.29, 0.717) is 5.75 Å². The largest absolute Gasteiger partial charge is 0.484 e. The van der Waals surface area contributed by atoms with E-state index in [4.69, 9.17) is 14.9 Å². The number of aliphatic hydroxyl groups excluding tert-OH is 1. The average Bonchev–Trinajstić information content (AvgIpc) is 2.45. The summed E-state index contributed by atoms with van der Waals surface area (Å²) in [7, 11) is 0. The fraction of sp³-hybridized carbons (Fsp3) is 0.467. The van der Waals surface area contributed by atoms with Crippen LogP contribution >= 0.6 is 0 Å².